The lowest BCUT2D eigenvalue weighted by atomic mass is 10.2. The zero-order valence-corrected chi connectivity index (χ0v) is 12.3. The number of nitrogen functional groups attached to an aromatic ring is 1. The molecule has 1 fully saturated rings. The van der Waals surface area contributed by atoms with Crippen LogP contribution in [0.1, 0.15) is 12.0 Å². The Bertz CT molecular complexity index is 553. The predicted molar refractivity (Wildman–Crippen MR) is 87.2 cm³/mol. The minimum atomic E-state index is 0.583. The highest BCUT2D eigenvalue weighted by Gasteiger charge is 2.15. The lowest BCUT2D eigenvalue weighted by Crippen LogP contribution is -2.30. The number of aromatic nitrogens is 1. The molecule has 1 aromatic carbocycles. The summed E-state index contributed by atoms with van der Waals surface area (Å²) in [6, 6.07) is 14.6. The SMILES string of the molecule is Nc1ccc(N2CCCN(Cc3ccccc3)CC2)cn1. The third-order valence-corrected chi connectivity index (χ3v) is 3.97. The van der Waals surface area contributed by atoms with Crippen LogP contribution in [0.15, 0.2) is 48.7 Å². The van der Waals surface area contributed by atoms with Gasteiger partial charge in [-0.2, -0.15) is 0 Å². The van der Waals surface area contributed by atoms with Crippen molar-refractivity contribution >= 4 is 11.5 Å². The third kappa shape index (κ3) is 3.73. The molecule has 2 aromatic rings. The van der Waals surface area contributed by atoms with Crippen LogP contribution in [-0.2, 0) is 6.54 Å². The second kappa shape index (κ2) is 6.59. The lowest BCUT2D eigenvalue weighted by Gasteiger charge is -2.23. The zero-order valence-electron chi connectivity index (χ0n) is 12.3. The first-order chi connectivity index (χ1) is 10.3. The maximum absolute atomic E-state index is 5.66. The second-order valence-electron chi connectivity index (χ2n) is 5.54. The van der Waals surface area contributed by atoms with Crippen molar-refractivity contribution in [2.45, 2.75) is 13.0 Å². The molecule has 0 aliphatic carbocycles. The molecule has 3 rings (SSSR count). The van der Waals surface area contributed by atoms with Crippen LogP contribution in [0.25, 0.3) is 0 Å². The van der Waals surface area contributed by atoms with Gasteiger partial charge >= 0.3 is 0 Å². The molecule has 0 radical (unpaired) electrons. The Labute approximate surface area is 126 Å². The summed E-state index contributed by atoms with van der Waals surface area (Å²) in [7, 11) is 0. The van der Waals surface area contributed by atoms with Crippen LogP contribution in [-0.4, -0.2) is 36.1 Å². The maximum Gasteiger partial charge on any atom is 0.123 e. The standard InChI is InChI=1S/C17H22N4/c18-17-8-7-16(13-19-17)21-10-4-9-20(11-12-21)14-15-5-2-1-3-6-15/h1-3,5-8,13H,4,9-12,14H2,(H2,18,19). The molecule has 0 saturated carbocycles. The third-order valence-electron chi connectivity index (χ3n) is 3.97. The van der Waals surface area contributed by atoms with Gasteiger partial charge < -0.3 is 10.6 Å². The molecule has 1 aromatic heterocycles. The molecule has 0 atom stereocenters. The summed E-state index contributed by atoms with van der Waals surface area (Å²) < 4.78 is 0. The lowest BCUT2D eigenvalue weighted by molar-refractivity contribution is 0.285. The Kier molecular flexibility index (Phi) is 4.36. The van der Waals surface area contributed by atoms with Crippen LogP contribution in [0, 0.1) is 0 Å². The average Bonchev–Trinajstić information content (AvgIpc) is 2.75. The molecule has 0 amide bonds. The van der Waals surface area contributed by atoms with Crippen molar-refractivity contribution in [1.29, 1.82) is 0 Å². The van der Waals surface area contributed by atoms with Crippen molar-refractivity contribution in [3.05, 3.63) is 54.2 Å². The highest BCUT2D eigenvalue weighted by atomic mass is 15.2. The van der Waals surface area contributed by atoms with E-state index in [0.29, 0.717) is 5.82 Å². The summed E-state index contributed by atoms with van der Waals surface area (Å²) in [5.41, 5.74) is 8.22. The molecule has 0 unspecified atom stereocenters. The molecule has 110 valence electrons. The van der Waals surface area contributed by atoms with Gasteiger partial charge in [-0.1, -0.05) is 30.3 Å². The number of rotatable bonds is 3. The summed E-state index contributed by atoms with van der Waals surface area (Å²) in [5, 5.41) is 0. The van der Waals surface area contributed by atoms with Gasteiger partial charge in [-0.25, -0.2) is 4.98 Å². The Hall–Kier alpha value is -2.07. The topological polar surface area (TPSA) is 45.4 Å². The number of hydrogen-bond acceptors (Lipinski definition) is 4. The van der Waals surface area contributed by atoms with Gasteiger partial charge in [0.1, 0.15) is 5.82 Å². The molecule has 0 bridgehead atoms. The molecule has 1 saturated heterocycles. The fraction of sp³-hybridized carbons (Fsp3) is 0.353. The van der Waals surface area contributed by atoms with E-state index >= 15 is 0 Å². The van der Waals surface area contributed by atoms with Crippen LogP contribution < -0.4 is 10.6 Å². The van der Waals surface area contributed by atoms with Crippen LogP contribution in [0.4, 0.5) is 11.5 Å². The van der Waals surface area contributed by atoms with E-state index in [1.54, 1.807) is 0 Å². The molecule has 2 heterocycles. The molecule has 21 heavy (non-hydrogen) atoms. The molecule has 2 N–H and O–H groups in total. The van der Waals surface area contributed by atoms with Crippen LogP contribution in [0.2, 0.25) is 0 Å². The van der Waals surface area contributed by atoms with Crippen molar-refractivity contribution in [1.82, 2.24) is 9.88 Å². The summed E-state index contributed by atoms with van der Waals surface area (Å²) in [4.78, 5) is 9.12. The highest BCUT2D eigenvalue weighted by molar-refractivity contribution is 5.48. The van der Waals surface area contributed by atoms with E-state index in [4.69, 9.17) is 5.73 Å². The molecular weight excluding hydrogens is 260 g/mol. The Morgan fingerprint density at radius 3 is 2.57 bits per heavy atom. The maximum atomic E-state index is 5.66. The van der Waals surface area contributed by atoms with E-state index in [1.807, 2.05) is 12.3 Å². The van der Waals surface area contributed by atoms with E-state index in [9.17, 15) is 0 Å². The van der Waals surface area contributed by atoms with Gasteiger partial charge in [-0.05, 0) is 24.1 Å². The van der Waals surface area contributed by atoms with Crippen molar-refractivity contribution in [2.24, 2.45) is 0 Å². The summed E-state index contributed by atoms with van der Waals surface area (Å²) in [5.74, 6) is 0.583. The van der Waals surface area contributed by atoms with Gasteiger partial charge in [0, 0.05) is 32.7 Å². The van der Waals surface area contributed by atoms with E-state index in [0.717, 1.165) is 32.7 Å². The monoisotopic (exact) mass is 282 g/mol. The predicted octanol–water partition coefficient (Wildman–Crippen LogP) is 2.38. The average molecular weight is 282 g/mol. The van der Waals surface area contributed by atoms with Gasteiger partial charge in [-0.15, -0.1) is 0 Å². The molecular formula is C17H22N4. The highest BCUT2D eigenvalue weighted by Crippen LogP contribution is 2.17. The molecule has 1 aliphatic heterocycles. The van der Waals surface area contributed by atoms with Gasteiger partial charge in [-0.3, -0.25) is 4.90 Å². The van der Waals surface area contributed by atoms with Crippen molar-refractivity contribution in [2.75, 3.05) is 36.8 Å². The van der Waals surface area contributed by atoms with Crippen LogP contribution in [0.5, 0.6) is 0 Å². The first kappa shape index (κ1) is 13.9. The quantitative estimate of drug-likeness (QED) is 0.939. The van der Waals surface area contributed by atoms with Crippen molar-refractivity contribution in [3.63, 3.8) is 0 Å². The number of benzene rings is 1. The van der Waals surface area contributed by atoms with Crippen LogP contribution >= 0.6 is 0 Å². The summed E-state index contributed by atoms with van der Waals surface area (Å²) >= 11 is 0. The van der Waals surface area contributed by atoms with E-state index in [-0.39, 0.29) is 0 Å². The van der Waals surface area contributed by atoms with Gasteiger partial charge in [0.05, 0.1) is 11.9 Å². The smallest absolute Gasteiger partial charge is 0.123 e. The Balaban J connectivity index is 1.60. The van der Waals surface area contributed by atoms with E-state index in [1.165, 1.54) is 17.7 Å². The zero-order chi connectivity index (χ0) is 14.5. The van der Waals surface area contributed by atoms with E-state index < -0.39 is 0 Å². The molecule has 0 spiro atoms. The number of hydrogen-bond donors (Lipinski definition) is 1. The van der Waals surface area contributed by atoms with Crippen molar-refractivity contribution < 1.29 is 0 Å². The van der Waals surface area contributed by atoms with Gasteiger partial charge in [0.15, 0.2) is 0 Å². The summed E-state index contributed by atoms with van der Waals surface area (Å²) in [6.07, 6.45) is 3.05. The number of anilines is 2. The fourth-order valence-corrected chi connectivity index (χ4v) is 2.81. The van der Waals surface area contributed by atoms with E-state index in [2.05, 4.69) is 51.2 Å². The van der Waals surface area contributed by atoms with Gasteiger partial charge in [0.2, 0.25) is 0 Å². The van der Waals surface area contributed by atoms with Crippen molar-refractivity contribution in [3.8, 4) is 0 Å². The first-order valence-electron chi connectivity index (χ1n) is 7.54. The molecule has 4 nitrogen and oxygen atoms in total. The Morgan fingerprint density at radius 2 is 1.81 bits per heavy atom. The Morgan fingerprint density at radius 1 is 0.952 bits per heavy atom. The first-order valence-corrected chi connectivity index (χ1v) is 7.54. The minimum absolute atomic E-state index is 0.583. The minimum Gasteiger partial charge on any atom is -0.384 e. The van der Waals surface area contributed by atoms with Gasteiger partial charge in [0.25, 0.3) is 0 Å². The summed E-state index contributed by atoms with van der Waals surface area (Å²) in [6.45, 7) is 5.39. The number of nitrogens with zero attached hydrogens (tertiary/aromatic N) is 3. The normalized spacial score (nSPS) is 16.7. The van der Waals surface area contributed by atoms with Crippen LogP contribution in [0.3, 0.4) is 0 Å². The number of pyridine rings is 1. The molecule has 4 heteroatoms. The number of nitrogens with two attached hydrogens (primary N) is 1. The molecule has 1 aliphatic rings. The largest absolute Gasteiger partial charge is 0.384 e. The second-order valence-corrected chi connectivity index (χ2v) is 5.54. The fourth-order valence-electron chi connectivity index (χ4n) is 2.81.